The summed E-state index contributed by atoms with van der Waals surface area (Å²) in [6.45, 7) is 11.1. The zero-order chi connectivity index (χ0) is 18.7. The summed E-state index contributed by atoms with van der Waals surface area (Å²) in [5, 5.41) is 2.63. The van der Waals surface area contributed by atoms with Crippen molar-refractivity contribution in [3.63, 3.8) is 0 Å². The Kier molecular flexibility index (Phi) is 12.5. The fourth-order valence-corrected chi connectivity index (χ4v) is 3.77. The van der Waals surface area contributed by atoms with Crippen LogP contribution < -0.4 is 34.0 Å². The van der Waals surface area contributed by atoms with Crippen molar-refractivity contribution < 1.29 is 60.2 Å². The Labute approximate surface area is 216 Å². The van der Waals surface area contributed by atoms with Crippen LogP contribution in [0.4, 0.5) is 0 Å². The first kappa shape index (κ1) is 28.2. The summed E-state index contributed by atoms with van der Waals surface area (Å²) in [5.74, 6) is 0. The van der Waals surface area contributed by atoms with Gasteiger partial charge in [-0.05, 0) is 0 Å². The van der Waals surface area contributed by atoms with Gasteiger partial charge in [0.25, 0.3) is 0 Å². The summed E-state index contributed by atoms with van der Waals surface area (Å²) in [5.41, 5.74) is 10.1. The molecule has 4 aromatic carbocycles. The van der Waals surface area contributed by atoms with Gasteiger partial charge < -0.3 is 34.0 Å². The fourth-order valence-electron chi connectivity index (χ4n) is 3.77. The molecule has 0 aliphatic heterocycles. The van der Waals surface area contributed by atoms with Crippen LogP contribution in [0.5, 0.6) is 0 Å². The van der Waals surface area contributed by atoms with E-state index in [0.29, 0.717) is 0 Å². The number of fused-ring (bicyclic) bond motifs is 1. The van der Waals surface area contributed by atoms with Crippen LogP contribution in [0.3, 0.4) is 0 Å². The van der Waals surface area contributed by atoms with E-state index in [-0.39, 0.29) is 60.2 Å². The van der Waals surface area contributed by atoms with Gasteiger partial charge in [-0.3, -0.25) is 0 Å². The van der Waals surface area contributed by atoms with E-state index in [1.165, 1.54) is 50.6 Å². The van der Waals surface area contributed by atoms with Gasteiger partial charge in [0.1, 0.15) is 0 Å². The largest absolute Gasteiger partial charge is 4.00 e. The van der Waals surface area contributed by atoms with Crippen LogP contribution in [0.2, 0.25) is 0 Å². The molecule has 0 heterocycles. The number of hydrogen-bond donors (Lipinski definition) is 0. The Morgan fingerprint density at radius 3 is 1.76 bits per heavy atom. The zero-order valence-electron chi connectivity index (χ0n) is 17.8. The van der Waals surface area contributed by atoms with Gasteiger partial charge in [0.05, 0.1) is 0 Å². The molecule has 0 aromatic heterocycles. The average molecular weight is 592 g/mol. The molecule has 0 amide bonds. The predicted octanol–water partition coefficient (Wildman–Crippen LogP) is 1.43. The Bertz CT molecular complexity index is 952. The minimum Gasteiger partial charge on any atom is -1.00 e. The molecule has 0 saturated heterocycles. The topological polar surface area (TPSA) is 0 Å². The molecule has 0 bridgehead atoms. The fraction of sp³-hybridized carbons (Fsp3) is 0.231. The van der Waals surface area contributed by atoms with Crippen molar-refractivity contribution in [2.75, 3.05) is 0 Å². The quantitative estimate of drug-likeness (QED) is 0.310. The molecule has 0 saturated carbocycles. The normalized spacial score (nSPS) is 9.55. The maximum Gasteiger partial charge on any atom is 4.00 e. The van der Waals surface area contributed by atoms with Crippen molar-refractivity contribution in [2.24, 2.45) is 0 Å². The molecular formula is C26H28Br2Zr. The van der Waals surface area contributed by atoms with Crippen LogP contribution in [0.25, 0.3) is 21.9 Å². The third-order valence-electron chi connectivity index (χ3n) is 5.67. The molecule has 3 heteroatoms. The third kappa shape index (κ3) is 6.36. The smallest absolute Gasteiger partial charge is 1.00 e. The molecule has 0 nitrogen and oxygen atoms in total. The second-order valence-corrected chi connectivity index (χ2v) is 7.07. The molecule has 0 spiro atoms. The zero-order valence-corrected chi connectivity index (χ0v) is 23.4. The van der Waals surface area contributed by atoms with E-state index in [1.54, 1.807) is 5.56 Å². The minimum absolute atomic E-state index is 0. The number of benzene rings is 2. The second kappa shape index (κ2) is 12.8. The summed E-state index contributed by atoms with van der Waals surface area (Å²) >= 11 is 0. The monoisotopic (exact) mass is 588 g/mol. The summed E-state index contributed by atoms with van der Waals surface area (Å²) in [4.78, 5) is 0. The molecule has 0 radical (unpaired) electrons. The van der Waals surface area contributed by atoms with Gasteiger partial charge >= 0.3 is 26.2 Å². The molecule has 0 aliphatic carbocycles. The summed E-state index contributed by atoms with van der Waals surface area (Å²) in [7, 11) is 0. The first-order valence-electron chi connectivity index (χ1n) is 9.45. The number of hydrogen-bond acceptors (Lipinski definition) is 0. The van der Waals surface area contributed by atoms with Crippen LogP contribution in [0, 0.1) is 27.7 Å². The van der Waals surface area contributed by atoms with Crippen molar-refractivity contribution in [1.29, 1.82) is 0 Å². The van der Waals surface area contributed by atoms with Crippen molar-refractivity contribution in [3.8, 4) is 11.1 Å². The molecule has 0 unspecified atom stereocenters. The van der Waals surface area contributed by atoms with E-state index < -0.39 is 0 Å². The van der Waals surface area contributed by atoms with Gasteiger partial charge in [-0.15, -0.1) is 34.5 Å². The maximum absolute atomic E-state index is 2.24. The number of rotatable bonds is 2. The van der Waals surface area contributed by atoms with Gasteiger partial charge in [0, 0.05) is 0 Å². The van der Waals surface area contributed by atoms with Crippen LogP contribution in [-0.4, -0.2) is 0 Å². The average Bonchev–Trinajstić information content (AvgIpc) is 3.19. The molecule has 29 heavy (non-hydrogen) atoms. The molecule has 4 aromatic rings. The van der Waals surface area contributed by atoms with Crippen LogP contribution in [0.1, 0.15) is 34.7 Å². The molecule has 0 atom stereocenters. The maximum atomic E-state index is 2.24. The van der Waals surface area contributed by atoms with Crippen molar-refractivity contribution >= 4 is 10.8 Å². The van der Waals surface area contributed by atoms with E-state index in [4.69, 9.17) is 0 Å². The van der Waals surface area contributed by atoms with Crippen LogP contribution in [0.15, 0.2) is 66.7 Å². The summed E-state index contributed by atoms with van der Waals surface area (Å²) in [6, 6.07) is 23.4. The standard InChI is InChI=1S/C15H11.C11H17.2BrH.Zr/c1-2-6-12(7-3-1)15-10-13-8-4-5-9-14(13)11-15;1-6-11-9(4)7(2)8(3)10(11)5;;;/h1-11H;6H2,1-5H3;2*1H;/q2*-1;;;+4/p-2. The van der Waals surface area contributed by atoms with E-state index in [0.717, 1.165) is 0 Å². The van der Waals surface area contributed by atoms with Gasteiger partial charge in [0.2, 0.25) is 0 Å². The van der Waals surface area contributed by atoms with Gasteiger partial charge in [-0.1, -0.05) is 95.1 Å². The van der Waals surface area contributed by atoms with Crippen LogP contribution >= 0.6 is 0 Å². The molecule has 0 fully saturated rings. The Balaban J connectivity index is 0.000000511. The Morgan fingerprint density at radius 2 is 1.28 bits per heavy atom. The predicted molar refractivity (Wildman–Crippen MR) is 115 cm³/mol. The van der Waals surface area contributed by atoms with E-state index >= 15 is 0 Å². The van der Waals surface area contributed by atoms with Gasteiger partial charge in [-0.25, -0.2) is 0 Å². The minimum atomic E-state index is 0. The molecule has 4 rings (SSSR count). The van der Waals surface area contributed by atoms with Crippen molar-refractivity contribution in [2.45, 2.75) is 41.0 Å². The van der Waals surface area contributed by atoms with E-state index in [1.807, 2.05) is 6.07 Å². The third-order valence-corrected chi connectivity index (χ3v) is 5.67. The summed E-state index contributed by atoms with van der Waals surface area (Å²) < 4.78 is 0. The first-order chi connectivity index (χ1) is 12.5. The Morgan fingerprint density at radius 1 is 0.759 bits per heavy atom. The Hall–Kier alpha value is -0.757. The molecule has 150 valence electrons. The van der Waals surface area contributed by atoms with E-state index in [9.17, 15) is 0 Å². The molecule has 0 aliphatic rings. The van der Waals surface area contributed by atoms with Crippen molar-refractivity contribution in [1.82, 2.24) is 0 Å². The SMILES string of the molecule is CC[c-]1c(C)c(C)c(C)c1C.[Br-].[Br-].[Zr+4].c1ccc(-c2cc3ccccc3[cH-]2)cc1. The van der Waals surface area contributed by atoms with Crippen molar-refractivity contribution in [3.05, 3.63) is 94.5 Å². The first-order valence-corrected chi connectivity index (χ1v) is 9.45. The molecule has 0 N–H and O–H groups in total. The van der Waals surface area contributed by atoms with Gasteiger partial charge in [0.15, 0.2) is 0 Å². The second-order valence-electron chi connectivity index (χ2n) is 7.07. The molecular weight excluding hydrogens is 563 g/mol. The summed E-state index contributed by atoms with van der Waals surface area (Å²) in [6.07, 6.45) is 1.17. The van der Waals surface area contributed by atoms with Gasteiger partial charge in [-0.2, -0.15) is 27.8 Å². The number of halogens is 2. The van der Waals surface area contributed by atoms with Crippen LogP contribution in [-0.2, 0) is 32.6 Å². The van der Waals surface area contributed by atoms with E-state index in [2.05, 4.69) is 95.3 Å².